The molecule has 1 aromatic rings. The molecule has 4 nitrogen and oxygen atoms in total. The van der Waals surface area contributed by atoms with Crippen molar-refractivity contribution in [1.82, 2.24) is 0 Å². The Morgan fingerprint density at radius 1 is 1.59 bits per heavy atom. The molecule has 1 aromatic carbocycles. The molecule has 0 aliphatic carbocycles. The minimum absolute atomic E-state index is 0.0427. The summed E-state index contributed by atoms with van der Waals surface area (Å²) in [5, 5.41) is 8.55. The summed E-state index contributed by atoms with van der Waals surface area (Å²) in [7, 11) is 1.45. The second kappa shape index (κ2) is 5.63. The monoisotopic (exact) mass is 241 g/mol. The Labute approximate surface area is 99.2 Å². The zero-order valence-corrected chi connectivity index (χ0v) is 9.87. The first-order valence-electron chi connectivity index (χ1n) is 5.27. The predicted octanol–water partition coefficient (Wildman–Crippen LogP) is 2.01. The third-order valence-electron chi connectivity index (χ3n) is 2.64. The minimum Gasteiger partial charge on any atom is -0.496 e. The first kappa shape index (κ1) is 13.4. The molecule has 0 bridgehead atoms. The van der Waals surface area contributed by atoms with Crippen LogP contribution in [0, 0.1) is 12.7 Å². The van der Waals surface area contributed by atoms with E-state index in [1.807, 2.05) is 0 Å². The largest absolute Gasteiger partial charge is 0.496 e. The number of benzene rings is 1. The zero-order chi connectivity index (χ0) is 13.0. The average Bonchev–Trinajstić information content (AvgIpc) is 2.29. The SMILES string of the molecule is COc1cc(C(N)CCC(=O)O)cc(F)c1C. The lowest BCUT2D eigenvalue weighted by atomic mass is 10.0. The van der Waals surface area contributed by atoms with Crippen molar-refractivity contribution in [3.8, 4) is 5.75 Å². The molecule has 0 spiro atoms. The maximum Gasteiger partial charge on any atom is 0.303 e. The topological polar surface area (TPSA) is 72.5 Å². The normalized spacial score (nSPS) is 12.2. The highest BCUT2D eigenvalue weighted by Crippen LogP contribution is 2.26. The molecule has 0 amide bonds. The quantitative estimate of drug-likeness (QED) is 0.827. The van der Waals surface area contributed by atoms with Crippen LogP contribution in [-0.2, 0) is 4.79 Å². The summed E-state index contributed by atoms with van der Waals surface area (Å²) in [5.74, 6) is -0.893. The van der Waals surface area contributed by atoms with Crippen molar-refractivity contribution >= 4 is 5.97 Å². The zero-order valence-electron chi connectivity index (χ0n) is 9.87. The molecule has 17 heavy (non-hydrogen) atoms. The number of methoxy groups -OCH3 is 1. The Morgan fingerprint density at radius 2 is 2.24 bits per heavy atom. The van der Waals surface area contributed by atoms with Crippen molar-refractivity contribution in [2.24, 2.45) is 5.73 Å². The van der Waals surface area contributed by atoms with Gasteiger partial charge in [-0.1, -0.05) is 0 Å². The van der Waals surface area contributed by atoms with Crippen molar-refractivity contribution in [2.45, 2.75) is 25.8 Å². The van der Waals surface area contributed by atoms with Crippen molar-refractivity contribution < 1.29 is 19.0 Å². The predicted molar refractivity (Wildman–Crippen MR) is 61.5 cm³/mol. The number of hydrogen-bond acceptors (Lipinski definition) is 3. The third kappa shape index (κ3) is 3.42. The minimum atomic E-state index is -0.917. The molecule has 1 rings (SSSR count). The number of rotatable bonds is 5. The van der Waals surface area contributed by atoms with Crippen molar-refractivity contribution in [3.63, 3.8) is 0 Å². The molecule has 1 atom stereocenters. The van der Waals surface area contributed by atoms with Gasteiger partial charge in [0, 0.05) is 18.0 Å². The van der Waals surface area contributed by atoms with Gasteiger partial charge in [-0.15, -0.1) is 0 Å². The lowest BCUT2D eigenvalue weighted by molar-refractivity contribution is -0.137. The van der Waals surface area contributed by atoms with Crippen molar-refractivity contribution in [1.29, 1.82) is 0 Å². The van der Waals surface area contributed by atoms with Crippen LogP contribution in [-0.4, -0.2) is 18.2 Å². The highest BCUT2D eigenvalue weighted by molar-refractivity contribution is 5.66. The summed E-state index contributed by atoms with van der Waals surface area (Å²) < 4.78 is 18.6. The number of ether oxygens (including phenoxy) is 1. The van der Waals surface area contributed by atoms with Crippen LogP contribution in [0.5, 0.6) is 5.75 Å². The average molecular weight is 241 g/mol. The first-order chi connectivity index (χ1) is 7.95. The molecular formula is C12H16FNO3. The van der Waals surface area contributed by atoms with E-state index in [4.69, 9.17) is 15.6 Å². The second-order valence-corrected chi connectivity index (χ2v) is 3.87. The number of hydrogen-bond donors (Lipinski definition) is 2. The lowest BCUT2D eigenvalue weighted by Crippen LogP contribution is -2.13. The van der Waals surface area contributed by atoms with Gasteiger partial charge in [0.25, 0.3) is 0 Å². The van der Waals surface area contributed by atoms with Gasteiger partial charge in [0.15, 0.2) is 0 Å². The Morgan fingerprint density at radius 3 is 2.76 bits per heavy atom. The molecule has 5 heteroatoms. The van der Waals surface area contributed by atoms with E-state index < -0.39 is 17.8 Å². The van der Waals surface area contributed by atoms with Crippen LogP contribution < -0.4 is 10.5 Å². The highest BCUT2D eigenvalue weighted by atomic mass is 19.1. The van der Waals surface area contributed by atoms with Gasteiger partial charge in [-0.2, -0.15) is 0 Å². The van der Waals surface area contributed by atoms with Crippen molar-refractivity contribution in [3.05, 3.63) is 29.1 Å². The van der Waals surface area contributed by atoms with Crippen LogP contribution in [0.15, 0.2) is 12.1 Å². The van der Waals surface area contributed by atoms with Crippen LogP contribution in [0.3, 0.4) is 0 Å². The molecule has 0 fully saturated rings. The van der Waals surface area contributed by atoms with E-state index in [0.717, 1.165) is 0 Å². The van der Waals surface area contributed by atoms with Crippen LogP contribution in [0.1, 0.15) is 30.0 Å². The summed E-state index contributed by atoms with van der Waals surface area (Å²) in [4.78, 5) is 10.4. The van der Waals surface area contributed by atoms with E-state index in [9.17, 15) is 9.18 Å². The maximum atomic E-state index is 13.5. The Bertz CT molecular complexity index is 420. The van der Waals surface area contributed by atoms with Gasteiger partial charge >= 0.3 is 5.97 Å². The number of halogens is 1. The molecule has 0 saturated heterocycles. The smallest absolute Gasteiger partial charge is 0.303 e. The van der Waals surface area contributed by atoms with Gasteiger partial charge in [0.05, 0.1) is 7.11 Å². The molecule has 3 N–H and O–H groups in total. The van der Waals surface area contributed by atoms with E-state index in [1.54, 1.807) is 13.0 Å². The van der Waals surface area contributed by atoms with Crippen LogP contribution >= 0.6 is 0 Å². The van der Waals surface area contributed by atoms with E-state index in [1.165, 1.54) is 13.2 Å². The van der Waals surface area contributed by atoms with Crippen LogP contribution in [0.25, 0.3) is 0 Å². The fourth-order valence-corrected chi connectivity index (χ4v) is 1.55. The molecule has 0 saturated carbocycles. The van der Waals surface area contributed by atoms with Gasteiger partial charge < -0.3 is 15.6 Å². The summed E-state index contributed by atoms with van der Waals surface area (Å²) in [5.41, 5.74) is 6.77. The summed E-state index contributed by atoms with van der Waals surface area (Å²) in [6.07, 6.45) is 0.222. The molecule has 0 aliphatic rings. The standard InChI is InChI=1S/C12H16FNO3/c1-7-9(13)5-8(6-11(7)17-2)10(14)3-4-12(15)16/h5-6,10H,3-4,14H2,1-2H3,(H,15,16). The van der Waals surface area contributed by atoms with E-state index >= 15 is 0 Å². The third-order valence-corrected chi connectivity index (χ3v) is 2.64. The van der Waals surface area contributed by atoms with Gasteiger partial charge in [0.1, 0.15) is 11.6 Å². The molecular weight excluding hydrogens is 225 g/mol. The van der Waals surface area contributed by atoms with Gasteiger partial charge in [0.2, 0.25) is 0 Å². The van der Waals surface area contributed by atoms with Crippen molar-refractivity contribution in [2.75, 3.05) is 7.11 Å². The fourth-order valence-electron chi connectivity index (χ4n) is 1.55. The number of carboxylic acids is 1. The number of carboxylic acid groups (broad SMARTS) is 1. The summed E-state index contributed by atoms with van der Waals surface area (Å²) in [6.45, 7) is 1.61. The number of nitrogens with two attached hydrogens (primary N) is 1. The molecule has 0 aliphatic heterocycles. The number of aliphatic carboxylic acids is 1. The van der Waals surface area contributed by atoms with Crippen LogP contribution in [0.4, 0.5) is 4.39 Å². The van der Waals surface area contributed by atoms with Gasteiger partial charge in [-0.05, 0) is 31.0 Å². The van der Waals surface area contributed by atoms with Crippen LogP contribution in [0.2, 0.25) is 0 Å². The maximum absolute atomic E-state index is 13.5. The molecule has 94 valence electrons. The first-order valence-corrected chi connectivity index (χ1v) is 5.27. The Balaban J connectivity index is 2.90. The van der Waals surface area contributed by atoms with Gasteiger partial charge in [-0.3, -0.25) is 4.79 Å². The Kier molecular flexibility index (Phi) is 4.45. The van der Waals surface area contributed by atoms with Gasteiger partial charge in [-0.25, -0.2) is 4.39 Å². The van der Waals surface area contributed by atoms with E-state index in [2.05, 4.69) is 0 Å². The summed E-state index contributed by atoms with van der Waals surface area (Å²) in [6, 6.07) is 2.46. The molecule has 0 radical (unpaired) electrons. The molecule has 0 aromatic heterocycles. The summed E-state index contributed by atoms with van der Waals surface area (Å²) >= 11 is 0. The van der Waals surface area contributed by atoms with E-state index in [-0.39, 0.29) is 12.8 Å². The second-order valence-electron chi connectivity index (χ2n) is 3.87. The van der Waals surface area contributed by atoms with E-state index in [0.29, 0.717) is 16.9 Å². The lowest BCUT2D eigenvalue weighted by Gasteiger charge is -2.14. The number of carbonyl (C=O) groups is 1. The molecule has 0 heterocycles. The molecule has 1 unspecified atom stereocenters. The Hall–Kier alpha value is -1.62. The highest BCUT2D eigenvalue weighted by Gasteiger charge is 2.13. The fraction of sp³-hybridized carbons (Fsp3) is 0.417.